The van der Waals surface area contributed by atoms with E-state index in [1.165, 1.54) is 0 Å². The third-order valence-electron chi connectivity index (χ3n) is 3.71. The highest BCUT2D eigenvalue weighted by Crippen LogP contribution is 2.22. The number of nitrogens with zero attached hydrogens (tertiary/aromatic N) is 2. The van der Waals surface area contributed by atoms with E-state index in [2.05, 4.69) is 15.5 Å². The number of nitrogens with two attached hydrogens (primary N) is 1. The van der Waals surface area contributed by atoms with Crippen LogP contribution in [0.25, 0.3) is 0 Å². The van der Waals surface area contributed by atoms with Crippen molar-refractivity contribution >= 4 is 34.1 Å². The average molecular weight is 344 g/mol. The largest absolute Gasteiger partial charge is 0.452 e. The molecule has 0 radical (unpaired) electrons. The summed E-state index contributed by atoms with van der Waals surface area (Å²) in [7, 11) is 0. The van der Waals surface area contributed by atoms with Crippen molar-refractivity contribution in [2.24, 2.45) is 5.10 Å². The summed E-state index contributed by atoms with van der Waals surface area (Å²) in [6, 6.07) is 7.29. The molecule has 0 spiro atoms. The number of benzene rings is 1. The average Bonchev–Trinajstić information content (AvgIpc) is 2.90. The molecule has 2 heterocycles. The number of thiazole rings is 1. The number of hydrogen-bond donors (Lipinski definition) is 2. The van der Waals surface area contributed by atoms with Crippen LogP contribution in [0.15, 0.2) is 29.4 Å². The zero-order valence-corrected chi connectivity index (χ0v) is 14.0. The van der Waals surface area contributed by atoms with Crippen molar-refractivity contribution in [3.8, 4) is 0 Å². The Hall–Kier alpha value is -2.74. The molecule has 0 fully saturated rings. The van der Waals surface area contributed by atoms with E-state index >= 15 is 0 Å². The Morgan fingerprint density at radius 1 is 1.46 bits per heavy atom. The van der Waals surface area contributed by atoms with Gasteiger partial charge in [-0.3, -0.25) is 4.79 Å². The summed E-state index contributed by atoms with van der Waals surface area (Å²) in [6.07, 6.45) is 0.0277. The van der Waals surface area contributed by atoms with Gasteiger partial charge in [-0.15, -0.1) is 0 Å². The van der Waals surface area contributed by atoms with Crippen LogP contribution in [0.1, 0.15) is 38.2 Å². The number of rotatable bonds is 3. The van der Waals surface area contributed by atoms with E-state index in [0.29, 0.717) is 33.4 Å². The minimum Gasteiger partial charge on any atom is -0.452 e. The second kappa shape index (κ2) is 6.40. The molecule has 8 heteroatoms. The lowest BCUT2D eigenvalue weighted by atomic mass is 9.97. The zero-order chi connectivity index (χ0) is 17.3. The van der Waals surface area contributed by atoms with Gasteiger partial charge in [-0.05, 0) is 25.5 Å². The number of ether oxygens (including phenoxy) is 1. The van der Waals surface area contributed by atoms with Crippen LogP contribution in [-0.4, -0.2) is 28.7 Å². The van der Waals surface area contributed by atoms with Crippen LogP contribution in [0.3, 0.4) is 0 Å². The Morgan fingerprint density at radius 2 is 2.21 bits per heavy atom. The summed E-state index contributed by atoms with van der Waals surface area (Å²) < 4.78 is 5.39. The van der Waals surface area contributed by atoms with Crippen molar-refractivity contribution in [2.75, 3.05) is 5.73 Å². The van der Waals surface area contributed by atoms with E-state index in [-0.39, 0.29) is 11.9 Å². The van der Waals surface area contributed by atoms with E-state index in [9.17, 15) is 9.59 Å². The van der Waals surface area contributed by atoms with Gasteiger partial charge in [0, 0.05) is 6.42 Å². The van der Waals surface area contributed by atoms with Gasteiger partial charge in [0.15, 0.2) is 5.13 Å². The maximum Gasteiger partial charge on any atom is 0.339 e. The van der Waals surface area contributed by atoms with E-state index in [4.69, 9.17) is 10.5 Å². The molecule has 1 aliphatic rings. The first-order valence-electron chi connectivity index (χ1n) is 7.32. The molecule has 1 unspecified atom stereocenters. The van der Waals surface area contributed by atoms with E-state index in [0.717, 1.165) is 16.9 Å². The highest BCUT2D eigenvalue weighted by Gasteiger charge is 2.28. The summed E-state index contributed by atoms with van der Waals surface area (Å²) in [6.45, 7) is 3.41. The van der Waals surface area contributed by atoms with Gasteiger partial charge in [-0.2, -0.15) is 5.10 Å². The normalized spacial score (nSPS) is 17.2. The number of hydrazone groups is 1. The fourth-order valence-electron chi connectivity index (χ4n) is 2.45. The summed E-state index contributed by atoms with van der Waals surface area (Å²) in [5.41, 5.74) is 10.6. The summed E-state index contributed by atoms with van der Waals surface area (Å²) in [4.78, 5) is 28.6. The van der Waals surface area contributed by atoms with Crippen molar-refractivity contribution in [1.29, 1.82) is 0 Å². The van der Waals surface area contributed by atoms with Crippen LogP contribution in [0, 0.1) is 6.92 Å². The number of fused-ring (bicyclic) bond motifs is 1. The van der Waals surface area contributed by atoms with Gasteiger partial charge >= 0.3 is 5.97 Å². The molecule has 24 heavy (non-hydrogen) atoms. The van der Waals surface area contributed by atoms with Gasteiger partial charge in [0.05, 0.1) is 17.0 Å². The molecule has 1 aliphatic heterocycles. The molecule has 0 bridgehead atoms. The van der Waals surface area contributed by atoms with E-state index in [1.54, 1.807) is 26.0 Å². The zero-order valence-electron chi connectivity index (χ0n) is 13.2. The van der Waals surface area contributed by atoms with Crippen molar-refractivity contribution < 1.29 is 14.3 Å². The van der Waals surface area contributed by atoms with Gasteiger partial charge in [0.1, 0.15) is 11.0 Å². The number of carbonyl (C=O) groups excluding carboxylic acids is 2. The number of nitrogens with one attached hydrogen (secondary N) is 1. The molecule has 1 aromatic carbocycles. The minimum atomic E-state index is -0.500. The number of cyclic esters (lactones) is 1. The third-order valence-corrected chi connectivity index (χ3v) is 4.70. The lowest BCUT2D eigenvalue weighted by Crippen LogP contribution is -2.34. The number of amides is 1. The van der Waals surface area contributed by atoms with Gasteiger partial charge < -0.3 is 10.5 Å². The molecule has 7 nitrogen and oxygen atoms in total. The van der Waals surface area contributed by atoms with Crippen molar-refractivity contribution in [3.63, 3.8) is 0 Å². The number of aromatic nitrogens is 1. The highest BCUT2D eigenvalue weighted by atomic mass is 32.1. The fraction of sp³-hybridized carbons (Fsp3) is 0.250. The monoisotopic (exact) mass is 344 g/mol. The number of carbonyl (C=O) groups is 2. The van der Waals surface area contributed by atoms with E-state index < -0.39 is 6.10 Å². The Bertz CT molecular complexity index is 844. The summed E-state index contributed by atoms with van der Waals surface area (Å²) >= 11 is 1.10. The predicted molar refractivity (Wildman–Crippen MR) is 91.2 cm³/mol. The maximum atomic E-state index is 12.1. The molecule has 0 saturated carbocycles. The topological polar surface area (TPSA) is 107 Å². The van der Waals surface area contributed by atoms with Crippen LogP contribution >= 0.6 is 11.3 Å². The molecular formula is C16H16N4O3S. The summed E-state index contributed by atoms with van der Waals surface area (Å²) in [5, 5.41) is 4.39. The quantitative estimate of drug-likeness (QED) is 0.502. The fourth-order valence-corrected chi connectivity index (χ4v) is 3.18. The molecule has 0 saturated heterocycles. The third kappa shape index (κ3) is 3.13. The standard InChI is InChI=1S/C16H16N4O3S/c1-8(19-20-14(21)13-9(2)18-16(17)24-13)12-7-10-5-3-4-6-11(10)15(22)23-12/h3-6,12H,7H2,1-2H3,(H2,17,18)(H,20,21). The number of hydrogen-bond acceptors (Lipinski definition) is 7. The molecule has 124 valence electrons. The Morgan fingerprint density at radius 3 is 2.92 bits per heavy atom. The second-order valence-corrected chi connectivity index (χ2v) is 6.45. The molecule has 1 aromatic heterocycles. The number of anilines is 1. The first kappa shape index (κ1) is 16.1. The Kier molecular flexibility index (Phi) is 4.30. The molecule has 0 aliphatic carbocycles. The molecule has 2 aromatic rings. The Labute approximate surface area is 142 Å². The van der Waals surface area contributed by atoms with Crippen molar-refractivity contribution in [2.45, 2.75) is 26.4 Å². The van der Waals surface area contributed by atoms with Crippen LogP contribution < -0.4 is 11.2 Å². The van der Waals surface area contributed by atoms with Crippen LogP contribution in [-0.2, 0) is 11.2 Å². The van der Waals surface area contributed by atoms with Gasteiger partial charge in [0.25, 0.3) is 5.91 Å². The molecule has 1 amide bonds. The van der Waals surface area contributed by atoms with Crippen LogP contribution in [0.5, 0.6) is 0 Å². The number of esters is 1. The summed E-state index contributed by atoms with van der Waals surface area (Å²) in [5.74, 6) is -0.766. The predicted octanol–water partition coefficient (Wildman–Crippen LogP) is 1.92. The molecule has 1 atom stereocenters. The molecule has 3 N–H and O–H groups in total. The van der Waals surface area contributed by atoms with Crippen LogP contribution in [0.4, 0.5) is 5.13 Å². The number of aryl methyl sites for hydroxylation is 1. The smallest absolute Gasteiger partial charge is 0.339 e. The minimum absolute atomic E-state index is 0.330. The van der Waals surface area contributed by atoms with Gasteiger partial charge in [-0.1, -0.05) is 29.5 Å². The first-order valence-corrected chi connectivity index (χ1v) is 8.13. The molecule has 3 rings (SSSR count). The lowest BCUT2D eigenvalue weighted by molar-refractivity contribution is 0.0389. The van der Waals surface area contributed by atoms with E-state index in [1.807, 2.05) is 12.1 Å². The first-order chi connectivity index (χ1) is 11.5. The Balaban J connectivity index is 1.72. The van der Waals surface area contributed by atoms with Crippen molar-refractivity contribution in [1.82, 2.24) is 10.4 Å². The van der Waals surface area contributed by atoms with Gasteiger partial charge in [0.2, 0.25) is 0 Å². The lowest BCUT2D eigenvalue weighted by Gasteiger charge is -2.24. The second-order valence-electron chi connectivity index (χ2n) is 5.42. The van der Waals surface area contributed by atoms with Crippen LogP contribution in [0.2, 0.25) is 0 Å². The van der Waals surface area contributed by atoms with Gasteiger partial charge in [-0.25, -0.2) is 15.2 Å². The maximum absolute atomic E-state index is 12.1. The van der Waals surface area contributed by atoms with Crippen molar-refractivity contribution in [3.05, 3.63) is 46.0 Å². The highest BCUT2D eigenvalue weighted by molar-refractivity contribution is 7.17. The number of nitrogen functional groups attached to an aromatic ring is 1. The SMILES string of the molecule is CC(=NNC(=O)c1sc(N)nc1C)C1Cc2ccccc2C(=O)O1. The molecular weight excluding hydrogens is 328 g/mol.